The van der Waals surface area contributed by atoms with Gasteiger partial charge in [-0.25, -0.2) is 0 Å². The normalized spacial score (nSPS) is 12.5. The Bertz CT molecular complexity index is 1860. The second kappa shape index (κ2) is 11.0. The molecular weight excluding hydrogens is 520 g/mol. The summed E-state index contributed by atoms with van der Waals surface area (Å²) in [5, 5.41) is 0. The summed E-state index contributed by atoms with van der Waals surface area (Å²) in [5.41, 5.74) is 12.8. The number of hydrogen-bond donors (Lipinski definition) is 0. The summed E-state index contributed by atoms with van der Waals surface area (Å²) in [5.74, 6) is 1.87. The average Bonchev–Trinajstić information content (AvgIpc) is 3.44. The van der Waals surface area contributed by atoms with Gasteiger partial charge in [-0.2, -0.15) is 0 Å². The smallest absolute Gasteiger partial charge is 0.142 e. The first-order valence-corrected chi connectivity index (χ1v) is 15.1. The highest BCUT2D eigenvalue weighted by atomic mass is 16.3. The molecule has 1 heteroatoms. The lowest BCUT2D eigenvalue weighted by Crippen LogP contribution is -2.12. The van der Waals surface area contributed by atoms with Gasteiger partial charge in [-0.1, -0.05) is 130 Å². The maximum absolute atomic E-state index is 7.11. The summed E-state index contributed by atoms with van der Waals surface area (Å²) in [4.78, 5) is 0. The molecule has 0 fully saturated rings. The average molecular weight is 555 g/mol. The summed E-state index contributed by atoms with van der Waals surface area (Å²) in [6.45, 7) is 6.83. The van der Waals surface area contributed by atoms with Crippen molar-refractivity contribution >= 4 is 6.08 Å². The molecule has 0 saturated heterocycles. The SMILES string of the molecule is CC(C)(C)c1cc(-c2c#cccc2)c(-c2oc(-c3cccc(-c4ccccc4)c3)c3c2CCC=C3)c(-c2ccccc2)c1. The molecule has 1 heterocycles. The van der Waals surface area contributed by atoms with Gasteiger partial charge in [0.2, 0.25) is 0 Å². The van der Waals surface area contributed by atoms with Gasteiger partial charge in [-0.05, 0) is 76.4 Å². The van der Waals surface area contributed by atoms with Crippen LogP contribution >= 0.6 is 0 Å². The van der Waals surface area contributed by atoms with Crippen molar-refractivity contribution in [1.82, 2.24) is 0 Å². The fourth-order valence-corrected chi connectivity index (χ4v) is 6.11. The molecule has 0 aliphatic heterocycles. The van der Waals surface area contributed by atoms with Gasteiger partial charge in [0.15, 0.2) is 0 Å². The van der Waals surface area contributed by atoms with Crippen LogP contribution in [0, 0.1) is 12.1 Å². The highest BCUT2D eigenvalue weighted by molar-refractivity contribution is 5.96. The quantitative estimate of drug-likeness (QED) is 0.207. The van der Waals surface area contributed by atoms with Crippen molar-refractivity contribution in [3.63, 3.8) is 0 Å². The van der Waals surface area contributed by atoms with Crippen molar-refractivity contribution in [1.29, 1.82) is 0 Å². The van der Waals surface area contributed by atoms with Crippen LogP contribution in [0.25, 0.3) is 62.1 Å². The van der Waals surface area contributed by atoms with Gasteiger partial charge >= 0.3 is 0 Å². The number of hydrogen-bond acceptors (Lipinski definition) is 1. The van der Waals surface area contributed by atoms with E-state index in [1.807, 2.05) is 12.1 Å². The first-order valence-electron chi connectivity index (χ1n) is 15.1. The fourth-order valence-electron chi connectivity index (χ4n) is 6.11. The van der Waals surface area contributed by atoms with E-state index in [4.69, 9.17) is 4.42 Å². The second-order valence-corrected chi connectivity index (χ2v) is 12.3. The van der Waals surface area contributed by atoms with Gasteiger partial charge in [0.25, 0.3) is 0 Å². The molecule has 0 radical (unpaired) electrons. The van der Waals surface area contributed by atoms with E-state index in [2.05, 4.69) is 148 Å². The Morgan fingerprint density at radius 3 is 2.07 bits per heavy atom. The molecule has 1 nitrogen and oxygen atoms in total. The summed E-state index contributed by atoms with van der Waals surface area (Å²) >= 11 is 0. The standard InChI is InChI=1S/C42H34O/c1-42(2,3)34-27-37(30-18-9-5-10-19-30)39(38(28-34)31-20-11-6-12-21-31)41-36-25-14-13-24-35(36)40(43-41)33-23-15-22-32(26-33)29-16-7-4-8-17-29/h4-11,13,15-20,22-24,26-28H,14,25H2,1-3H3. The van der Waals surface area contributed by atoms with E-state index in [9.17, 15) is 0 Å². The maximum atomic E-state index is 7.11. The van der Waals surface area contributed by atoms with Crippen LogP contribution in [0.2, 0.25) is 0 Å². The van der Waals surface area contributed by atoms with Gasteiger partial charge in [0.05, 0.1) is 0 Å². The highest BCUT2D eigenvalue weighted by Gasteiger charge is 2.28. The van der Waals surface area contributed by atoms with E-state index < -0.39 is 0 Å². The zero-order chi connectivity index (χ0) is 29.4. The Morgan fingerprint density at radius 1 is 0.651 bits per heavy atom. The minimum atomic E-state index is -0.0380. The molecule has 208 valence electrons. The molecule has 43 heavy (non-hydrogen) atoms. The minimum absolute atomic E-state index is 0.0380. The molecule has 0 bridgehead atoms. The van der Waals surface area contributed by atoms with Crippen molar-refractivity contribution in [3.8, 4) is 56.0 Å². The van der Waals surface area contributed by atoms with Gasteiger partial charge in [-0.3, -0.25) is 0 Å². The van der Waals surface area contributed by atoms with Crippen LogP contribution in [0.15, 0.2) is 126 Å². The Balaban J connectivity index is 1.53. The predicted octanol–water partition coefficient (Wildman–Crippen LogP) is 11.5. The lowest BCUT2D eigenvalue weighted by Gasteiger charge is -2.24. The summed E-state index contributed by atoms with van der Waals surface area (Å²) in [6, 6.07) is 47.4. The molecular formula is C42H34O. The number of furan rings is 1. The Labute approximate surface area is 255 Å². The van der Waals surface area contributed by atoms with Crippen molar-refractivity contribution < 1.29 is 4.42 Å². The Hall–Kier alpha value is -5.06. The third kappa shape index (κ3) is 5.11. The van der Waals surface area contributed by atoms with Crippen LogP contribution in [-0.2, 0) is 11.8 Å². The van der Waals surface area contributed by atoms with E-state index in [-0.39, 0.29) is 5.41 Å². The molecule has 1 aliphatic carbocycles. The summed E-state index contributed by atoms with van der Waals surface area (Å²) in [6.07, 6.45) is 6.45. The van der Waals surface area contributed by atoms with Crippen LogP contribution in [0.3, 0.4) is 0 Å². The maximum Gasteiger partial charge on any atom is 0.142 e. The number of allylic oxidation sites excluding steroid dienone is 1. The second-order valence-electron chi connectivity index (χ2n) is 12.3. The molecule has 0 saturated carbocycles. The topological polar surface area (TPSA) is 13.1 Å². The lowest BCUT2D eigenvalue weighted by molar-refractivity contribution is 0.588. The molecule has 5 aromatic carbocycles. The molecule has 0 amide bonds. The van der Waals surface area contributed by atoms with Gasteiger partial charge in [-0.15, -0.1) is 0 Å². The largest absolute Gasteiger partial charge is 0.455 e. The molecule has 0 N–H and O–H groups in total. The van der Waals surface area contributed by atoms with Crippen LogP contribution in [0.4, 0.5) is 0 Å². The molecule has 0 atom stereocenters. The van der Waals surface area contributed by atoms with Gasteiger partial charge < -0.3 is 4.42 Å². The van der Waals surface area contributed by atoms with Crippen LogP contribution < -0.4 is 0 Å². The monoisotopic (exact) mass is 554 g/mol. The Kier molecular flexibility index (Phi) is 6.84. The van der Waals surface area contributed by atoms with Crippen LogP contribution in [0.5, 0.6) is 0 Å². The van der Waals surface area contributed by atoms with Crippen molar-refractivity contribution in [2.75, 3.05) is 0 Å². The van der Waals surface area contributed by atoms with Gasteiger partial charge in [0.1, 0.15) is 11.5 Å². The molecule has 1 aromatic heterocycles. The van der Waals surface area contributed by atoms with E-state index in [1.165, 1.54) is 38.9 Å². The van der Waals surface area contributed by atoms with Crippen molar-refractivity contribution in [3.05, 3.63) is 150 Å². The zero-order valence-electron chi connectivity index (χ0n) is 24.9. The Morgan fingerprint density at radius 2 is 1.35 bits per heavy atom. The fraction of sp³-hybridized carbons (Fsp3) is 0.143. The first-order chi connectivity index (χ1) is 21.0. The highest BCUT2D eigenvalue weighted by Crippen LogP contribution is 2.48. The minimum Gasteiger partial charge on any atom is -0.455 e. The van der Waals surface area contributed by atoms with Crippen molar-refractivity contribution in [2.45, 2.75) is 39.0 Å². The van der Waals surface area contributed by atoms with E-state index >= 15 is 0 Å². The van der Waals surface area contributed by atoms with Crippen molar-refractivity contribution in [2.24, 2.45) is 0 Å². The van der Waals surface area contributed by atoms with Crippen LogP contribution in [-0.4, -0.2) is 0 Å². The third-order valence-corrected chi connectivity index (χ3v) is 8.38. The van der Waals surface area contributed by atoms with E-state index in [0.29, 0.717) is 0 Å². The molecule has 6 aromatic rings. The lowest BCUT2D eigenvalue weighted by atomic mass is 9.79. The number of benzene rings is 4. The number of fused-ring (bicyclic) bond motifs is 1. The van der Waals surface area contributed by atoms with Gasteiger partial charge in [0, 0.05) is 33.4 Å². The summed E-state index contributed by atoms with van der Waals surface area (Å²) in [7, 11) is 0. The van der Waals surface area contributed by atoms with Crippen LogP contribution in [0.1, 0.15) is 43.9 Å². The first kappa shape index (κ1) is 26.8. The zero-order valence-corrected chi connectivity index (χ0v) is 24.9. The van der Waals surface area contributed by atoms with E-state index in [0.717, 1.165) is 46.6 Å². The molecule has 7 rings (SSSR count). The third-order valence-electron chi connectivity index (χ3n) is 8.38. The molecule has 1 aliphatic rings. The predicted molar refractivity (Wildman–Crippen MR) is 180 cm³/mol. The molecule has 0 spiro atoms. The molecule has 0 unspecified atom stereocenters. The number of rotatable bonds is 5. The van der Waals surface area contributed by atoms with E-state index in [1.54, 1.807) is 0 Å². The summed E-state index contributed by atoms with van der Waals surface area (Å²) < 4.78 is 7.11.